The first-order valence-corrected chi connectivity index (χ1v) is 11.3. The summed E-state index contributed by atoms with van der Waals surface area (Å²) in [4.78, 5) is 16.9. The molecule has 6 heteroatoms. The quantitative estimate of drug-likeness (QED) is 0.563. The minimum atomic E-state index is -0.232. The van der Waals surface area contributed by atoms with Crippen molar-refractivity contribution in [1.82, 2.24) is 15.1 Å². The van der Waals surface area contributed by atoms with E-state index < -0.39 is 0 Å². The maximum absolute atomic E-state index is 13.8. The van der Waals surface area contributed by atoms with Gasteiger partial charge in [0.15, 0.2) is 0 Å². The number of halogens is 2. The predicted octanol–water partition coefficient (Wildman–Crippen LogP) is 5.14. The van der Waals surface area contributed by atoms with E-state index in [0.29, 0.717) is 31.6 Å². The van der Waals surface area contributed by atoms with Gasteiger partial charge < -0.3 is 10.2 Å². The maximum Gasteiger partial charge on any atom is 0.317 e. The van der Waals surface area contributed by atoms with E-state index in [9.17, 15) is 9.18 Å². The molecule has 32 heavy (non-hydrogen) atoms. The monoisotopic (exact) mass is 451 g/mol. The fourth-order valence-electron chi connectivity index (χ4n) is 4.19. The number of piperazine rings is 1. The highest BCUT2D eigenvalue weighted by atomic mass is 35.5. The van der Waals surface area contributed by atoms with Crippen LogP contribution in [0.15, 0.2) is 78.9 Å². The lowest BCUT2D eigenvalue weighted by atomic mass is 9.96. The van der Waals surface area contributed by atoms with Crippen LogP contribution in [0.1, 0.15) is 22.7 Å². The second kappa shape index (κ2) is 10.6. The van der Waals surface area contributed by atoms with Gasteiger partial charge in [-0.3, -0.25) is 4.90 Å². The molecule has 1 aliphatic heterocycles. The predicted molar refractivity (Wildman–Crippen MR) is 126 cm³/mol. The molecule has 0 aliphatic carbocycles. The van der Waals surface area contributed by atoms with Gasteiger partial charge in [0.2, 0.25) is 0 Å². The Bertz CT molecular complexity index is 1020. The lowest BCUT2D eigenvalue weighted by Crippen LogP contribution is -2.52. The molecule has 3 aromatic rings. The Morgan fingerprint density at radius 3 is 2.19 bits per heavy atom. The van der Waals surface area contributed by atoms with E-state index in [0.717, 1.165) is 18.1 Å². The summed E-state index contributed by atoms with van der Waals surface area (Å²) in [6, 6.07) is 25.1. The van der Waals surface area contributed by atoms with Crippen molar-refractivity contribution >= 4 is 17.6 Å². The molecule has 166 valence electrons. The van der Waals surface area contributed by atoms with Gasteiger partial charge in [-0.2, -0.15) is 0 Å². The standard InChI is InChI=1S/C26H27ClFN3O/c27-23-12-10-22(11-13-23)25(21-7-2-1-3-8-21)30-16-18-31(19-17-30)26(32)29-15-14-20-6-4-5-9-24(20)28/h1-13,25H,14-19H2,(H,29,32). The van der Waals surface area contributed by atoms with Gasteiger partial charge in [-0.1, -0.05) is 72.3 Å². The van der Waals surface area contributed by atoms with Gasteiger partial charge in [0.1, 0.15) is 5.82 Å². The molecule has 1 fully saturated rings. The smallest absolute Gasteiger partial charge is 0.317 e. The molecule has 1 heterocycles. The van der Waals surface area contributed by atoms with Crippen molar-refractivity contribution in [2.45, 2.75) is 12.5 Å². The van der Waals surface area contributed by atoms with Crippen LogP contribution in [-0.2, 0) is 6.42 Å². The van der Waals surface area contributed by atoms with Crippen LogP contribution >= 0.6 is 11.6 Å². The average molecular weight is 452 g/mol. The minimum absolute atomic E-state index is 0.0938. The van der Waals surface area contributed by atoms with Gasteiger partial charge in [-0.05, 0) is 41.3 Å². The molecule has 4 nitrogen and oxygen atoms in total. The summed E-state index contributed by atoms with van der Waals surface area (Å²) in [5, 5.41) is 3.65. The highest BCUT2D eigenvalue weighted by molar-refractivity contribution is 6.30. The lowest BCUT2D eigenvalue weighted by Gasteiger charge is -2.39. The molecule has 3 aromatic carbocycles. The highest BCUT2D eigenvalue weighted by Gasteiger charge is 2.28. The summed E-state index contributed by atoms with van der Waals surface area (Å²) in [5.74, 6) is -0.232. The second-order valence-electron chi connectivity index (χ2n) is 7.96. The number of carbonyl (C=O) groups excluding carboxylic acids is 1. The van der Waals surface area contributed by atoms with Crippen molar-refractivity contribution in [1.29, 1.82) is 0 Å². The fraction of sp³-hybridized carbons (Fsp3) is 0.269. The number of rotatable bonds is 6. The molecule has 4 rings (SSSR count). The molecule has 0 spiro atoms. The van der Waals surface area contributed by atoms with Crippen LogP contribution in [0.3, 0.4) is 0 Å². The number of carbonyl (C=O) groups is 1. The van der Waals surface area contributed by atoms with E-state index in [4.69, 9.17) is 11.6 Å². The summed E-state index contributed by atoms with van der Waals surface area (Å²) in [6.07, 6.45) is 0.477. The SMILES string of the molecule is O=C(NCCc1ccccc1F)N1CCN(C(c2ccccc2)c2ccc(Cl)cc2)CC1. The summed E-state index contributed by atoms with van der Waals surface area (Å²) in [7, 11) is 0. The minimum Gasteiger partial charge on any atom is -0.338 e. The molecule has 1 atom stereocenters. The van der Waals surface area contributed by atoms with Crippen molar-refractivity contribution in [3.8, 4) is 0 Å². The summed E-state index contributed by atoms with van der Waals surface area (Å²) in [5.41, 5.74) is 3.02. The molecule has 2 amide bonds. The van der Waals surface area contributed by atoms with Gasteiger partial charge >= 0.3 is 6.03 Å². The number of hydrogen-bond acceptors (Lipinski definition) is 2. The van der Waals surface area contributed by atoms with Crippen molar-refractivity contribution in [2.24, 2.45) is 0 Å². The summed E-state index contributed by atoms with van der Waals surface area (Å²) in [6.45, 7) is 3.23. The molecule has 0 radical (unpaired) electrons. The summed E-state index contributed by atoms with van der Waals surface area (Å²) < 4.78 is 13.8. The number of nitrogens with zero attached hydrogens (tertiary/aromatic N) is 2. The molecular weight excluding hydrogens is 425 g/mol. The van der Waals surface area contributed by atoms with Crippen LogP contribution in [0.2, 0.25) is 5.02 Å². The Balaban J connectivity index is 1.36. The van der Waals surface area contributed by atoms with Gasteiger partial charge in [0.25, 0.3) is 0 Å². The first-order valence-electron chi connectivity index (χ1n) is 10.9. The van der Waals surface area contributed by atoms with Gasteiger partial charge in [-0.15, -0.1) is 0 Å². The molecule has 1 N–H and O–H groups in total. The Hall–Kier alpha value is -2.89. The number of nitrogens with one attached hydrogen (secondary N) is 1. The van der Waals surface area contributed by atoms with E-state index in [1.165, 1.54) is 17.2 Å². The van der Waals surface area contributed by atoms with Gasteiger partial charge in [-0.25, -0.2) is 9.18 Å². The van der Waals surface area contributed by atoms with E-state index in [-0.39, 0.29) is 17.9 Å². The highest BCUT2D eigenvalue weighted by Crippen LogP contribution is 2.30. The second-order valence-corrected chi connectivity index (χ2v) is 8.40. The van der Waals surface area contributed by atoms with E-state index >= 15 is 0 Å². The van der Waals surface area contributed by atoms with Gasteiger partial charge in [0.05, 0.1) is 6.04 Å². The zero-order valence-corrected chi connectivity index (χ0v) is 18.6. The number of urea groups is 1. The third-order valence-corrected chi connectivity index (χ3v) is 6.15. The zero-order valence-electron chi connectivity index (χ0n) is 17.9. The molecule has 1 saturated heterocycles. The zero-order chi connectivity index (χ0) is 22.3. The molecule has 0 saturated carbocycles. The third-order valence-electron chi connectivity index (χ3n) is 5.90. The number of amides is 2. The van der Waals surface area contributed by atoms with Crippen LogP contribution in [-0.4, -0.2) is 48.6 Å². The van der Waals surface area contributed by atoms with Crippen LogP contribution in [0.25, 0.3) is 0 Å². The Kier molecular flexibility index (Phi) is 7.40. The van der Waals surface area contributed by atoms with Crippen molar-refractivity contribution in [3.05, 3.63) is 106 Å². The molecule has 1 unspecified atom stereocenters. The van der Waals surface area contributed by atoms with E-state index in [1.54, 1.807) is 12.1 Å². The van der Waals surface area contributed by atoms with Crippen LogP contribution in [0.4, 0.5) is 9.18 Å². The van der Waals surface area contributed by atoms with Crippen molar-refractivity contribution in [3.63, 3.8) is 0 Å². The topological polar surface area (TPSA) is 35.6 Å². The maximum atomic E-state index is 13.8. The molecular formula is C26H27ClFN3O. The average Bonchev–Trinajstić information content (AvgIpc) is 2.83. The summed E-state index contributed by atoms with van der Waals surface area (Å²) >= 11 is 6.11. The van der Waals surface area contributed by atoms with Gasteiger partial charge in [0, 0.05) is 37.7 Å². The number of benzene rings is 3. The van der Waals surface area contributed by atoms with Crippen molar-refractivity contribution < 1.29 is 9.18 Å². The molecule has 1 aliphatic rings. The van der Waals surface area contributed by atoms with E-state index in [1.807, 2.05) is 29.2 Å². The molecule has 0 aromatic heterocycles. The first-order chi connectivity index (χ1) is 15.6. The van der Waals surface area contributed by atoms with Crippen LogP contribution < -0.4 is 5.32 Å². The first kappa shape index (κ1) is 22.3. The van der Waals surface area contributed by atoms with Crippen LogP contribution in [0.5, 0.6) is 0 Å². The largest absolute Gasteiger partial charge is 0.338 e. The number of hydrogen-bond donors (Lipinski definition) is 1. The third kappa shape index (κ3) is 5.47. The molecule has 0 bridgehead atoms. The fourth-order valence-corrected chi connectivity index (χ4v) is 4.32. The van der Waals surface area contributed by atoms with E-state index in [2.05, 4.69) is 46.6 Å². The Morgan fingerprint density at radius 2 is 1.50 bits per heavy atom. The normalized spacial score (nSPS) is 15.4. The Morgan fingerprint density at radius 1 is 0.875 bits per heavy atom. The lowest BCUT2D eigenvalue weighted by molar-refractivity contribution is 0.120. The van der Waals surface area contributed by atoms with Crippen LogP contribution in [0, 0.1) is 5.82 Å². The Labute approximate surface area is 193 Å². The van der Waals surface area contributed by atoms with Crippen molar-refractivity contribution in [2.75, 3.05) is 32.7 Å².